The van der Waals surface area contributed by atoms with Crippen molar-refractivity contribution in [2.75, 3.05) is 0 Å². The number of aromatic amines is 1. The number of pyridine rings is 1. The van der Waals surface area contributed by atoms with E-state index in [4.69, 9.17) is 0 Å². The maximum absolute atomic E-state index is 10.5. The molecule has 6 nitrogen and oxygen atoms in total. The Morgan fingerprint density at radius 3 is 2.85 bits per heavy atom. The molecule has 0 amide bonds. The van der Waals surface area contributed by atoms with Gasteiger partial charge in [0, 0.05) is 29.0 Å². The molecule has 5 rings (SSSR count). The molecule has 1 aliphatic carbocycles. The van der Waals surface area contributed by atoms with Crippen LogP contribution < -0.4 is 0 Å². The van der Waals surface area contributed by atoms with Crippen molar-refractivity contribution in [2.24, 2.45) is 5.92 Å². The zero-order valence-corrected chi connectivity index (χ0v) is 14.2. The largest absolute Gasteiger partial charge is 0.388 e. The monoisotopic (exact) mass is 345 g/mol. The molecule has 0 saturated heterocycles. The van der Waals surface area contributed by atoms with Crippen LogP contribution in [-0.2, 0) is 0 Å². The second-order valence-electron chi connectivity index (χ2n) is 6.89. The minimum atomic E-state index is -0.404. The molecule has 3 aromatic heterocycles. The molecule has 1 fully saturated rings. The van der Waals surface area contributed by atoms with Crippen molar-refractivity contribution in [3.63, 3.8) is 0 Å². The van der Waals surface area contributed by atoms with Gasteiger partial charge in [-0.05, 0) is 48.6 Å². The van der Waals surface area contributed by atoms with Gasteiger partial charge in [0.15, 0.2) is 5.82 Å². The van der Waals surface area contributed by atoms with Gasteiger partial charge in [-0.3, -0.25) is 5.10 Å². The Morgan fingerprint density at radius 2 is 2.08 bits per heavy atom. The number of nitrogens with zero attached hydrogens (tertiary/aromatic N) is 4. The van der Waals surface area contributed by atoms with E-state index in [0.717, 1.165) is 46.5 Å². The Balaban J connectivity index is 1.53. The van der Waals surface area contributed by atoms with E-state index in [1.807, 2.05) is 36.7 Å². The van der Waals surface area contributed by atoms with E-state index >= 15 is 0 Å². The molecule has 26 heavy (non-hydrogen) atoms. The summed E-state index contributed by atoms with van der Waals surface area (Å²) in [5, 5.41) is 18.3. The Morgan fingerprint density at radius 1 is 1.15 bits per heavy atom. The molecular formula is C20H19N5O. The maximum Gasteiger partial charge on any atom is 0.155 e. The van der Waals surface area contributed by atoms with Crippen LogP contribution in [0.3, 0.4) is 0 Å². The summed E-state index contributed by atoms with van der Waals surface area (Å²) in [4.78, 5) is 8.85. The molecule has 6 heteroatoms. The highest BCUT2D eigenvalue weighted by Gasteiger charge is 2.27. The van der Waals surface area contributed by atoms with E-state index in [1.54, 1.807) is 0 Å². The molecule has 1 aromatic carbocycles. The number of aliphatic hydroxyl groups is 1. The standard InChI is InChI=1S/C20H19N5O/c26-18(13-3-1-4-13)16-9-15-7-8-25(20(15)21-11-16)17-6-2-5-14(10-17)19-22-12-23-24-19/h2,5-13,18,26H,1,3-4H2,(H,22,23,24)/t18-/m1/s1. The quantitative estimate of drug-likeness (QED) is 0.592. The summed E-state index contributed by atoms with van der Waals surface area (Å²) in [5.41, 5.74) is 3.77. The van der Waals surface area contributed by atoms with Gasteiger partial charge in [0.05, 0.1) is 6.10 Å². The number of fused-ring (bicyclic) bond motifs is 1. The molecule has 0 radical (unpaired) electrons. The predicted molar refractivity (Wildman–Crippen MR) is 98.7 cm³/mol. The average Bonchev–Trinajstić information content (AvgIpc) is 3.29. The normalized spacial score (nSPS) is 15.9. The molecule has 3 heterocycles. The molecule has 0 spiro atoms. The van der Waals surface area contributed by atoms with Crippen molar-refractivity contribution in [2.45, 2.75) is 25.4 Å². The lowest BCUT2D eigenvalue weighted by molar-refractivity contribution is 0.0619. The number of benzene rings is 1. The second kappa shape index (κ2) is 6.07. The van der Waals surface area contributed by atoms with E-state index < -0.39 is 6.10 Å². The molecule has 0 bridgehead atoms. The van der Waals surface area contributed by atoms with E-state index in [2.05, 4.69) is 36.9 Å². The number of aliphatic hydroxyl groups excluding tert-OH is 1. The van der Waals surface area contributed by atoms with Crippen molar-refractivity contribution >= 4 is 11.0 Å². The molecule has 1 saturated carbocycles. The number of hydrogen-bond acceptors (Lipinski definition) is 4. The summed E-state index contributed by atoms with van der Waals surface area (Å²) < 4.78 is 2.05. The lowest BCUT2D eigenvalue weighted by Crippen LogP contribution is -2.20. The fourth-order valence-corrected chi connectivity index (χ4v) is 3.59. The topological polar surface area (TPSA) is 79.6 Å². The number of nitrogens with one attached hydrogen (secondary N) is 1. The average molecular weight is 345 g/mol. The van der Waals surface area contributed by atoms with E-state index in [9.17, 15) is 5.11 Å². The molecule has 1 atom stereocenters. The highest BCUT2D eigenvalue weighted by molar-refractivity contribution is 5.79. The van der Waals surface area contributed by atoms with Crippen LogP contribution in [0.2, 0.25) is 0 Å². The molecule has 4 aromatic rings. The third kappa shape index (κ3) is 2.50. The Hall–Kier alpha value is -2.99. The zero-order chi connectivity index (χ0) is 17.5. The summed E-state index contributed by atoms with van der Waals surface area (Å²) in [6, 6.07) is 12.2. The molecule has 130 valence electrons. The first-order valence-corrected chi connectivity index (χ1v) is 8.91. The number of rotatable bonds is 4. The smallest absolute Gasteiger partial charge is 0.155 e. The van der Waals surface area contributed by atoms with Crippen LogP contribution in [0.5, 0.6) is 0 Å². The SMILES string of the molecule is O[C@@H](c1cnc2c(ccn2-c2cccc(-c3ncn[nH]3)c2)c1)C1CCC1. The predicted octanol–water partition coefficient (Wildman–Crippen LogP) is 3.64. The summed E-state index contributed by atoms with van der Waals surface area (Å²) in [6.07, 6.45) is 8.35. The van der Waals surface area contributed by atoms with Crippen molar-refractivity contribution in [3.05, 3.63) is 60.7 Å². The highest BCUT2D eigenvalue weighted by Crippen LogP contribution is 2.38. The minimum absolute atomic E-state index is 0.384. The fraction of sp³-hybridized carbons (Fsp3) is 0.250. The Labute approximate surface area is 150 Å². The first-order valence-electron chi connectivity index (χ1n) is 8.91. The van der Waals surface area contributed by atoms with Gasteiger partial charge < -0.3 is 9.67 Å². The highest BCUT2D eigenvalue weighted by atomic mass is 16.3. The lowest BCUT2D eigenvalue weighted by atomic mass is 9.79. The first kappa shape index (κ1) is 15.3. The van der Waals surface area contributed by atoms with Crippen LogP contribution in [0.4, 0.5) is 0 Å². The van der Waals surface area contributed by atoms with Gasteiger partial charge >= 0.3 is 0 Å². The first-order chi connectivity index (χ1) is 12.8. The van der Waals surface area contributed by atoms with Crippen LogP contribution >= 0.6 is 0 Å². The minimum Gasteiger partial charge on any atom is -0.388 e. The van der Waals surface area contributed by atoms with E-state index in [1.165, 1.54) is 12.7 Å². The van der Waals surface area contributed by atoms with Crippen LogP contribution in [0, 0.1) is 5.92 Å². The second-order valence-corrected chi connectivity index (χ2v) is 6.89. The third-order valence-electron chi connectivity index (χ3n) is 5.30. The van der Waals surface area contributed by atoms with Crippen LogP contribution in [-0.4, -0.2) is 29.8 Å². The van der Waals surface area contributed by atoms with Crippen LogP contribution in [0.25, 0.3) is 28.1 Å². The van der Waals surface area contributed by atoms with Gasteiger partial charge in [-0.2, -0.15) is 5.10 Å². The summed E-state index contributed by atoms with van der Waals surface area (Å²) in [5.74, 6) is 1.12. The van der Waals surface area contributed by atoms with Gasteiger partial charge in [0.2, 0.25) is 0 Å². The van der Waals surface area contributed by atoms with Crippen molar-refractivity contribution in [3.8, 4) is 17.1 Å². The Kier molecular flexibility index (Phi) is 3.57. The third-order valence-corrected chi connectivity index (χ3v) is 5.30. The lowest BCUT2D eigenvalue weighted by Gasteiger charge is -2.30. The summed E-state index contributed by atoms with van der Waals surface area (Å²) in [6.45, 7) is 0. The van der Waals surface area contributed by atoms with E-state index in [0.29, 0.717) is 5.92 Å². The molecule has 0 aliphatic heterocycles. The summed E-state index contributed by atoms with van der Waals surface area (Å²) in [7, 11) is 0. The van der Waals surface area contributed by atoms with Crippen molar-refractivity contribution < 1.29 is 5.11 Å². The number of H-pyrrole nitrogens is 1. The van der Waals surface area contributed by atoms with Gasteiger partial charge in [0.1, 0.15) is 12.0 Å². The number of aromatic nitrogens is 5. The molecule has 2 N–H and O–H groups in total. The molecule has 1 aliphatic rings. The van der Waals surface area contributed by atoms with E-state index in [-0.39, 0.29) is 0 Å². The molecule has 0 unspecified atom stereocenters. The van der Waals surface area contributed by atoms with Crippen molar-refractivity contribution in [1.29, 1.82) is 0 Å². The summed E-state index contributed by atoms with van der Waals surface area (Å²) >= 11 is 0. The van der Waals surface area contributed by atoms with Gasteiger partial charge in [-0.1, -0.05) is 18.6 Å². The Bertz CT molecular complexity index is 1050. The van der Waals surface area contributed by atoms with Gasteiger partial charge in [-0.15, -0.1) is 0 Å². The van der Waals surface area contributed by atoms with Crippen molar-refractivity contribution in [1.82, 2.24) is 24.7 Å². The fourth-order valence-electron chi connectivity index (χ4n) is 3.59. The van der Waals surface area contributed by atoms with Crippen LogP contribution in [0.1, 0.15) is 30.9 Å². The van der Waals surface area contributed by atoms with Gasteiger partial charge in [-0.25, -0.2) is 9.97 Å². The maximum atomic E-state index is 10.5. The number of hydrogen-bond donors (Lipinski definition) is 2. The molecular weight excluding hydrogens is 326 g/mol. The van der Waals surface area contributed by atoms with Gasteiger partial charge in [0.25, 0.3) is 0 Å². The van der Waals surface area contributed by atoms with Crippen LogP contribution in [0.15, 0.2) is 55.1 Å². The zero-order valence-electron chi connectivity index (χ0n) is 14.2.